The highest BCUT2D eigenvalue weighted by Crippen LogP contribution is 2.37. The Balaban J connectivity index is 1.24. The molecule has 1 aliphatic rings. The van der Waals surface area contributed by atoms with Gasteiger partial charge in [0.1, 0.15) is 24.2 Å². The average molecular weight is 878 g/mol. The van der Waals surface area contributed by atoms with Crippen molar-refractivity contribution < 1.29 is 33.8 Å². The Hall–Kier alpha value is -7.05. The highest BCUT2D eigenvalue weighted by atomic mass is 16.5. The van der Waals surface area contributed by atoms with Gasteiger partial charge in [-0.05, 0) is 53.0 Å². The summed E-state index contributed by atoms with van der Waals surface area (Å²) >= 11 is 0. The van der Waals surface area contributed by atoms with Crippen LogP contribution in [-0.2, 0) is 42.5 Å². The lowest BCUT2D eigenvalue weighted by molar-refractivity contribution is -0.130. The maximum Gasteiger partial charge on any atom is 0.408 e. The van der Waals surface area contributed by atoms with E-state index >= 15 is 0 Å². The average Bonchev–Trinajstić information content (AvgIpc) is 3.77. The van der Waals surface area contributed by atoms with E-state index in [1.807, 2.05) is 166 Å². The molecule has 0 unspecified atom stereocenters. The summed E-state index contributed by atoms with van der Waals surface area (Å²) in [4.78, 5) is 70.8. The molecule has 5 amide bonds. The van der Waals surface area contributed by atoms with E-state index in [1.165, 1.54) is 11.0 Å². The Kier molecular flexibility index (Phi) is 17.2. The summed E-state index contributed by atoms with van der Waals surface area (Å²) in [6.45, 7) is 4.44. The van der Waals surface area contributed by atoms with Crippen LogP contribution in [0.3, 0.4) is 0 Å². The van der Waals surface area contributed by atoms with Gasteiger partial charge in [-0.3, -0.25) is 19.2 Å². The third-order valence-corrected chi connectivity index (χ3v) is 11.3. The van der Waals surface area contributed by atoms with Crippen molar-refractivity contribution in [1.82, 2.24) is 26.2 Å². The van der Waals surface area contributed by atoms with Gasteiger partial charge in [-0.15, -0.1) is 0 Å². The molecule has 5 aromatic rings. The highest BCUT2D eigenvalue weighted by molar-refractivity contribution is 5.92. The van der Waals surface area contributed by atoms with Gasteiger partial charge < -0.3 is 36.0 Å². The van der Waals surface area contributed by atoms with Crippen LogP contribution in [0.25, 0.3) is 0 Å². The smallest absolute Gasteiger partial charge is 0.408 e. The lowest BCUT2D eigenvalue weighted by Gasteiger charge is -2.37. The number of rotatable bonds is 20. The Morgan fingerprint density at radius 2 is 1.20 bits per heavy atom. The number of carbonyl (C=O) groups is 5. The number of likely N-dealkylation sites (tertiary alicyclic amines) is 1. The number of hydrogen-bond acceptors (Lipinski definition) is 7. The zero-order valence-corrected chi connectivity index (χ0v) is 37.0. The molecule has 12 nitrogen and oxygen atoms in total. The number of benzene rings is 5. The fraction of sp³-hybridized carbons (Fsp3) is 0.302. The molecule has 0 radical (unpaired) electrons. The quantitative estimate of drug-likeness (QED) is 0.0436. The number of alkyl carbamates (subject to hydrolysis) is 1. The third-order valence-electron chi connectivity index (χ3n) is 11.3. The minimum atomic E-state index is -1.11. The molecule has 0 saturated carbocycles. The first-order chi connectivity index (χ1) is 31.5. The molecule has 6 rings (SSSR count). The number of ether oxygens (including phenoxy) is 1. The van der Waals surface area contributed by atoms with Crippen molar-refractivity contribution in [2.75, 3.05) is 13.1 Å². The second kappa shape index (κ2) is 23.6. The number of aliphatic hydroxyl groups excluding tert-OH is 1. The molecule has 5 N–H and O–H groups in total. The molecular formula is C53H59N5O7. The molecule has 1 aliphatic heterocycles. The molecule has 1 saturated heterocycles. The standard InChI is InChI=1S/C53H59N5O7/c1-38(2)34-46(56-52(64)65-37-40-20-10-4-11-21-40)51(63)55-47(35-39-18-8-3-9-19-39)50(62)54-44(29-31-49(61)58-33-32-45(59)36-58)28-30-48(60)57-53(41-22-12-5-13-23-41,42-24-14-6-15-25-42)43-26-16-7-17-27-43/h3-27,29,31,38,44-47,59H,28,30,32-37H2,1-2H3,(H,54,62)(H,55,63)(H,56,64)(H,57,60)/b31-29+/t44-,45+,46-,47-/m0/s1. The van der Waals surface area contributed by atoms with Gasteiger partial charge in [-0.2, -0.15) is 0 Å². The van der Waals surface area contributed by atoms with Crippen LogP contribution < -0.4 is 21.3 Å². The van der Waals surface area contributed by atoms with E-state index in [9.17, 15) is 29.1 Å². The van der Waals surface area contributed by atoms with E-state index in [1.54, 1.807) is 6.08 Å². The number of nitrogens with zero attached hydrogens (tertiary/aromatic N) is 1. The lowest BCUT2D eigenvalue weighted by Crippen LogP contribution is -2.56. The minimum Gasteiger partial charge on any atom is -0.445 e. The molecule has 0 aliphatic carbocycles. The highest BCUT2D eigenvalue weighted by Gasteiger charge is 2.38. The number of amides is 5. The predicted octanol–water partition coefficient (Wildman–Crippen LogP) is 6.58. The van der Waals surface area contributed by atoms with Crippen LogP contribution in [0.5, 0.6) is 0 Å². The molecule has 4 atom stereocenters. The van der Waals surface area contributed by atoms with Gasteiger partial charge in [-0.25, -0.2) is 4.79 Å². The van der Waals surface area contributed by atoms with Crippen molar-refractivity contribution in [1.29, 1.82) is 0 Å². The Morgan fingerprint density at radius 1 is 0.692 bits per heavy atom. The summed E-state index contributed by atoms with van der Waals surface area (Å²) in [6, 6.07) is 44.6. The maximum absolute atomic E-state index is 14.5. The van der Waals surface area contributed by atoms with Gasteiger partial charge in [-0.1, -0.05) is 172 Å². The Bertz CT molecular complexity index is 2230. The van der Waals surface area contributed by atoms with Crippen LogP contribution >= 0.6 is 0 Å². The van der Waals surface area contributed by atoms with Crippen molar-refractivity contribution in [3.8, 4) is 0 Å². The molecule has 65 heavy (non-hydrogen) atoms. The first kappa shape index (κ1) is 47.4. The van der Waals surface area contributed by atoms with Gasteiger partial charge in [0.15, 0.2) is 0 Å². The fourth-order valence-electron chi connectivity index (χ4n) is 8.03. The van der Waals surface area contributed by atoms with Gasteiger partial charge in [0.2, 0.25) is 23.6 Å². The summed E-state index contributed by atoms with van der Waals surface area (Å²) in [5, 5.41) is 22.1. The molecular weight excluding hydrogens is 819 g/mol. The second-order valence-electron chi connectivity index (χ2n) is 16.8. The zero-order valence-electron chi connectivity index (χ0n) is 37.0. The number of β-amino-alcohol motifs (C(OH)–C–C–N with tert-alkyl or cyclic N) is 1. The van der Waals surface area contributed by atoms with Gasteiger partial charge in [0, 0.05) is 38.0 Å². The predicted molar refractivity (Wildman–Crippen MR) is 250 cm³/mol. The molecule has 1 heterocycles. The largest absolute Gasteiger partial charge is 0.445 e. The van der Waals surface area contributed by atoms with Crippen LogP contribution in [0.2, 0.25) is 0 Å². The molecule has 0 spiro atoms. The topological polar surface area (TPSA) is 166 Å². The normalized spacial score (nSPS) is 15.1. The zero-order chi connectivity index (χ0) is 46.0. The first-order valence-corrected chi connectivity index (χ1v) is 22.2. The number of hydrogen-bond donors (Lipinski definition) is 5. The fourth-order valence-corrected chi connectivity index (χ4v) is 8.03. The van der Waals surface area contributed by atoms with Crippen molar-refractivity contribution >= 4 is 29.7 Å². The molecule has 12 heteroatoms. The SMILES string of the molecule is CC(C)C[C@H](NC(=O)OCc1ccccc1)C(=O)N[C@@H](Cc1ccccc1)C(=O)N[C@H](/C=C/C(=O)N1CC[C@@H](O)C1)CCC(=O)NC(c1ccccc1)(c1ccccc1)c1ccccc1. The van der Waals surface area contributed by atoms with Crippen LogP contribution in [-0.4, -0.2) is 77.0 Å². The van der Waals surface area contributed by atoms with Crippen molar-refractivity contribution in [2.24, 2.45) is 5.92 Å². The van der Waals surface area contributed by atoms with E-state index in [0.29, 0.717) is 13.0 Å². The summed E-state index contributed by atoms with van der Waals surface area (Å²) in [7, 11) is 0. The van der Waals surface area contributed by atoms with Crippen LogP contribution in [0, 0.1) is 5.92 Å². The number of aliphatic hydroxyl groups is 1. The minimum absolute atomic E-state index is 0.000836. The Labute approximate surface area is 381 Å². The van der Waals surface area contributed by atoms with Gasteiger partial charge in [0.25, 0.3) is 0 Å². The second-order valence-corrected chi connectivity index (χ2v) is 16.8. The molecule has 0 bridgehead atoms. The monoisotopic (exact) mass is 877 g/mol. The summed E-state index contributed by atoms with van der Waals surface area (Å²) in [6.07, 6.45) is 2.42. The molecule has 338 valence electrons. The lowest BCUT2D eigenvalue weighted by atomic mass is 9.77. The molecule has 1 fully saturated rings. The third kappa shape index (κ3) is 13.7. The van der Waals surface area contributed by atoms with Crippen LogP contribution in [0.4, 0.5) is 4.79 Å². The first-order valence-electron chi connectivity index (χ1n) is 22.2. The van der Waals surface area contributed by atoms with E-state index in [-0.39, 0.29) is 56.6 Å². The number of nitrogens with one attached hydrogen (secondary N) is 4. The number of carbonyl (C=O) groups excluding carboxylic acids is 5. The van der Waals surface area contributed by atoms with E-state index < -0.39 is 47.7 Å². The van der Waals surface area contributed by atoms with Crippen molar-refractivity contribution in [3.63, 3.8) is 0 Å². The van der Waals surface area contributed by atoms with Gasteiger partial charge in [0.05, 0.1) is 6.10 Å². The van der Waals surface area contributed by atoms with Crippen LogP contribution in [0.15, 0.2) is 164 Å². The van der Waals surface area contributed by atoms with E-state index in [0.717, 1.165) is 27.8 Å². The summed E-state index contributed by atoms with van der Waals surface area (Å²) in [5.74, 6) is -1.76. The van der Waals surface area contributed by atoms with E-state index in [2.05, 4.69) is 21.3 Å². The van der Waals surface area contributed by atoms with Gasteiger partial charge >= 0.3 is 6.09 Å². The molecule has 5 aromatic carbocycles. The van der Waals surface area contributed by atoms with Crippen LogP contribution in [0.1, 0.15) is 67.3 Å². The Morgan fingerprint density at radius 3 is 1.71 bits per heavy atom. The van der Waals surface area contributed by atoms with E-state index in [4.69, 9.17) is 4.74 Å². The summed E-state index contributed by atoms with van der Waals surface area (Å²) in [5.41, 5.74) is 3.05. The summed E-state index contributed by atoms with van der Waals surface area (Å²) < 4.78 is 5.44. The van der Waals surface area contributed by atoms with Crippen molar-refractivity contribution in [2.45, 2.75) is 82.3 Å². The van der Waals surface area contributed by atoms with Crippen molar-refractivity contribution in [3.05, 3.63) is 192 Å². The molecule has 0 aromatic heterocycles. The maximum atomic E-state index is 14.5.